The zero-order valence-electron chi connectivity index (χ0n) is 6.68. The van der Waals surface area contributed by atoms with Crippen molar-refractivity contribution in [1.82, 2.24) is 0 Å². The molecular formula is C8H15ClO2. The summed E-state index contributed by atoms with van der Waals surface area (Å²) in [4.78, 5) is 10.1. The van der Waals surface area contributed by atoms with E-state index in [4.69, 9.17) is 16.7 Å². The normalized spacial score (nSPS) is 9.91. The molecule has 11 heavy (non-hydrogen) atoms. The average molecular weight is 179 g/mol. The molecule has 0 amide bonds. The number of aliphatic carboxylic acids is 1. The number of carbonyl (C=O) groups is 1. The molecule has 0 aliphatic rings. The lowest BCUT2D eigenvalue weighted by molar-refractivity contribution is -0.137. The largest absolute Gasteiger partial charge is 0.481 e. The second-order valence-corrected chi connectivity index (χ2v) is 2.98. The Morgan fingerprint density at radius 1 is 1.09 bits per heavy atom. The lowest BCUT2D eigenvalue weighted by atomic mass is 10.1. The quantitative estimate of drug-likeness (QED) is 0.481. The first-order valence-corrected chi connectivity index (χ1v) is 4.58. The van der Waals surface area contributed by atoms with E-state index in [9.17, 15) is 4.79 Å². The van der Waals surface area contributed by atoms with E-state index in [1.165, 1.54) is 0 Å². The van der Waals surface area contributed by atoms with E-state index < -0.39 is 5.97 Å². The molecule has 0 unspecified atom stereocenters. The number of hydrogen-bond acceptors (Lipinski definition) is 1. The van der Waals surface area contributed by atoms with Crippen LogP contribution < -0.4 is 0 Å². The molecular weight excluding hydrogens is 164 g/mol. The first kappa shape index (κ1) is 10.8. The van der Waals surface area contributed by atoms with Gasteiger partial charge in [0.05, 0.1) is 0 Å². The van der Waals surface area contributed by atoms with Crippen LogP contribution in [-0.2, 0) is 4.79 Å². The highest BCUT2D eigenvalue weighted by atomic mass is 35.5. The maximum atomic E-state index is 10.1. The molecule has 0 fully saturated rings. The fourth-order valence-corrected chi connectivity index (χ4v) is 1.09. The molecule has 3 heteroatoms. The Morgan fingerprint density at radius 3 is 2.18 bits per heavy atom. The van der Waals surface area contributed by atoms with Gasteiger partial charge < -0.3 is 5.11 Å². The van der Waals surface area contributed by atoms with Gasteiger partial charge in [0.2, 0.25) is 0 Å². The van der Waals surface area contributed by atoms with Gasteiger partial charge in [0.1, 0.15) is 0 Å². The van der Waals surface area contributed by atoms with Gasteiger partial charge in [0.25, 0.3) is 0 Å². The molecule has 0 saturated heterocycles. The van der Waals surface area contributed by atoms with Crippen molar-refractivity contribution < 1.29 is 9.90 Å². The SMILES string of the molecule is O=C(O)CCCCCCCCl. The summed E-state index contributed by atoms with van der Waals surface area (Å²) in [5, 5.41) is 8.30. The molecule has 0 bridgehead atoms. The topological polar surface area (TPSA) is 37.3 Å². The highest BCUT2D eigenvalue weighted by Gasteiger charge is 1.95. The van der Waals surface area contributed by atoms with Gasteiger partial charge in [-0.1, -0.05) is 19.3 Å². The Bertz CT molecular complexity index is 104. The van der Waals surface area contributed by atoms with E-state index in [-0.39, 0.29) is 0 Å². The molecule has 0 radical (unpaired) electrons. The van der Waals surface area contributed by atoms with Crippen LogP contribution in [0, 0.1) is 0 Å². The number of halogens is 1. The van der Waals surface area contributed by atoms with Crippen LogP contribution in [0.5, 0.6) is 0 Å². The molecule has 0 aromatic rings. The van der Waals surface area contributed by atoms with Crippen LogP contribution in [0.25, 0.3) is 0 Å². The summed E-state index contributed by atoms with van der Waals surface area (Å²) in [6.45, 7) is 0. The summed E-state index contributed by atoms with van der Waals surface area (Å²) in [6, 6.07) is 0. The molecule has 2 nitrogen and oxygen atoms in total. The Labute approximate surface area is 72.6 Å². The van der Waals surface area contributed by atoms with Crippen molar-refractivity contribution in [2.45, 2.75) is 38.5 Å². The first-order chi connectivity index (χ1) is 5.27. The van der Waals surface area contributed by atoms with Gasteiger partial charge in [-0.3, -0.25) is 4.79 Å². The molecule has 0 atom stereocenters. The average Bonchev–Trinajstić information content (AvgIpc) is 1.96. The summed E-state index contributed by atoms with van der Waals surface area (Å²) < 4.78 is 0. The van der Waals surface area contributed by atoms with Crippen molar-refractivity contribution in [3.63, 3.8) is 0 Å². The van der Waals surface area contributed by atoms with Crippen molar-refractivity contribution >= 4 is 17.6 Å². The number of rotatable bonds is 7. The number of hydrogen-bond donors (Lipinski definition) is 1. The molecule has 0 aromatic carbocycles. The minimum atomic E-state index is -0.692. The minimum absolute atomic E-state index is 0.306. The highest BCUT2D eigenvalue weighted by molar-refractivity contribution is 6.17. The molecule has 0 rings (SSSR count). The predicted octanol–water partition coefficient (Wildman–Crippen LogP) is 2.65. The van der Waals surface area contributed by atoms with E-state index >= 15 is 0 Å². The van der Waals surface area contributed by atoms with Gasteiger partial charge >= 0.3 is 5.97 Å². The van der Waals surface area contributed by atoms with E-state index in [0.717, 1.165) is 38.0 Å². The number of unbranched alkanes of at least 4 members (excludes halogenated alkanes) is 4. The third-order valence-corrected chi connectivity index (χ3v) is 1.79. The van der Waals surface area contributed by atoms with Crippen LogP contribution in [-0.4, -0.2) is 17.0 Å². The Balaban J connectivity index is 2.85. The van der Waals surface area contributed by atoms with E-state index in [1.54, 1.807) is 0 Å². The van der Waals surface area contributed by atoms with Crippen molar-refractivity contribution in [2.24, 2.45) is 0 Å². The highest BCUT2D eigenvalue weighted by Crippen LogP contribution is 2.05. The van der Waals surface area contributed by atoms with Gasteiger partial charge in [-0.25, -0.2) is 0 Å². The van der Waals surface area contributed by atoms with E-state index in [1.807, 2.05) is 0 Å². The summed E-state index contributed by atoms with van der Waals surface area (Å²) in [5.74, 6) is 0.0289. The number of alkyl halides is 1. The first-order valence-electron chi connectivity index (χ1n) is 4.05. The predicted molar refractivity (Wildman–Crippen MR) is 46.1 cm³/mol. The van der Waals surface area contributed by atoms with Crippen molar-refractivity contribution in [3.8, 4) is 0 Å². The third-order valence-electron chi connectivity index (χ3n) is 1.52. The number of carboxylic acids is 1. The van der Waals surface area contributed by atoms with Gasteiger partial charge in [0.15, 0.2) is 0 Å². The zero-order chi connectivity index (χ0) is 8.53. The Kier molecular flexibility index (Phi) is 7.69. The molecule has 0 aliphatic heterocycles. The summed E-state index contributed by atoms with van der Waals surface area (Å²) in [6.07, 6.45) is 5.42. The molecule has 0 heterocycles. The van der Waals surface area contributed by atoms with E-state index in [2.05, 4.69) is 0 Å². The van der Waals surface area contributed by atoms with Crippen LogP contribution in [0.15, 0.2) is 0 Å². The summed E-state index contributed by atoms with van der Waals surface area (Å²) >= 11 is 5.47. The summed E-state index contributed by atoms with van der Waals surface area (Å²) in [7, 11) is 0. The fourth-order valence-electron chi connectivity index (χ4n) is 0.901. The van der Waals surface area contributed by atoms with Gasteiger partial charge in [0, 0.05) is 12.3 Å². The van der Waals surface area contributed by atoms with Crippen LogP contribution in [0.1, 0.15) is 38.5 Å². The van der Waals surface area contributed by atoms with Crippen LogP contribution in [0.3, 0.4) is 0 Å². The molecule has 0 saturated carbocycles. The van der Waals surface area contributed by atoms with E-state index in [0.29, 0.717) is 6.42 Å². The second-order valence-electron chi connectivity index (χ2n) is 2.60. The van der Waals surface area contributed by atoms with Crippen LogP contribution in [0.4, 0.5) is 0 Å². The lowest BCUT2D eigenvalue weighted by Gasteiger charge is -1.96. The minimum Gasteiger partial charge on any atom is -0.481 e. The number of carboxylic acid groups (broad SMARTS) is 1. The Hall–Kier alpha value is -0.240. The molecule has 0 aromatic heterocycles. The summed E-state index contributed by atoms with van der Waals surface area (Å²) in [5.41, 5.74) is 0. The zero-order valence-corrected chi connectivity index (χ0v) is 7.44. The molecule has 0 spiro atoms. The van der Waals surface area contributed by atoms with Gasteiger partial charge in [-0.05, 0) is 12.8 Å². The molecule has 1 N–H and O–H groups in total. The standard InChI is InChI=1S/C8H15ClO2/c9-7-5-3-1-2-4-6-8(10)11/h1-7H2,(H,10,11). The van der Waals surface area contributed by atoms with Crippen molar-refractivity contribution in [1.29, 1.82) is 0 Å². The second kappa shape index (κ2) is 7.86. The maximum absolute atomic E-state index is 10.1. The smallest absolute Gasteiger partial charge is 0.303 e. The lowest BCUT2D eigenvalue weighted by Crippen LogP contribution is -1.93. The van der Waals surface area contributed by atoms with Crippen molar-refractivity contribution in [2.75, 3.05) is 5.88 Å². The monoisotopic (exact) mass is 178 g/mol. The van der Waals surface area contributed by atoms with Gasteiger partial charge in [-0.15, -0.1) is 11.6 Å². The molecule has 66 valence electrons. The third kappa shape index (κ3) is 9.76. The van der Waals surface area contributed by atoms with Crippen LogP contribution >= 0.6 is 11.6 Å². The van der Waals surface area contributed by atoms with Crippen LogP contribution in [0.2, 0.25) is 0 Å². The fraction of sp³-hybridized carbons (Fsp3) is 0.875. The van der Waals surface area contributed by atoms with Gasteiger partial charge in [-0.2, -0.15) is 0 Å². The molecule has 0 aliphatic carbocycles. The maximum Gasteiger partial charge on any atom is 0.303 e. The van der Waals surface area contributed by atoms with Crippen molar-refractivity contribution in [3.05, 3.63) is 0 Å². The Morgan fingerprint density at radius 2 is 1.64 bits per heavy atom.